The molecule has 0 radical (unpaired) electrons. The molecule has 1 atom stereocenters. The molecule has 62 heavy (non-hydrogen) atoms. The zero-order chi connectivity index (χ0) is 45.1. The molecule has 0 amide bonds. The third-order valence-corrected chi connectivity index (χ3v) is 12.5. The number of allylic oxidation sites excluding steroid dienone is 2. The molecule has 6 heteroatoms. The van der Waals surface area contributed by atoms with Gasteiger partial charge in [-0.05, 0) is 44.9 Å². The van der Waals surface area contributed by atoms with E-state index in [1.54, 1.807) is 0 Å². The predicted octanol–water partition coefficient (Wildman–Crippen LogP) is 18.2. The summed E-state index contributed by atoms with van der Waals surface area (Å²) >= 11 is 0. The van der Waals surface area contributed by atoms with Crippen molar-refractivity contribution in [2.45, 2.75) is 316 Å². The number of unbranched alkanes of at least 4 members (excludes halogenated alkanes) is 38. The Labute approximate surface area is 386 Å². The highest BCUT2D eigenvalue weighted by molar-refractivity contribution is 5.71. The molecular weight excluding hydrogens is 769 g/mol. The zero-order valence-electron chi connectivity index (χ0n) is 41.9. The van der Waals surface area contributed by atoms with Gasteiger partial charge in [0.2, 0.25) is 0 Å². The summed E-state index contributed by atoms with van der Waals surface area (Å²) in [6, 6.07) is 0. The van der Waals surface area contributed by atoms with Crippen LogP contribution >= 0.6 is 0 Å². The van der Waals surface area contributed by atoms with Gasteiger partial charge in [0.1, 0.15) is 13.2 Å². The van der Waals surface area contributed by atoms with Crippen LogP contribution in [0.4, 0.5) is 0 Å². The number of esters is 3. The molecular formula is C56H106O6. The number of rotatable bonds is 51. The second-order valence-electron chi connectivity index (χ2n) is 18.9. The van der Waals surface area contributed by atoms with Crippen molar-refractivity contribution >= 4 is 17.9 Å². The number of hydrogen-bond donors (Lipinski definition) is 0. The highest BCUT2D eigenvalue weighted by Gasteiger charge is 2.19. The minimum absolute atomic E-state index is 0.0646. The van der Waals surface area contributed by atoms with Crippen LogP contribution in [0.25, 0.3) is 0 Å². The minimum atomic E-state index is -0.763. The summed E-state index contributed by atoms with van der Waals surface area (Å²) in [4.78, 5) is 38.0. The van der Waals surface area contributed by atoms with Gasteiger partial charge in [-0.25, -0.2) is 0 Å². The third kappa shape index (κ3) is 49.2. The molecule has 0 spiro atoms. The van der Waals surface area contributed by atoms with Crippen molar-refractivity contribution in [3.05, 3.63) is 12.2 Å². The number of ether oxygens (including phenoxy) is 3. The van der Waals surface area contributed by atoms with Crippen molar-refractivity contribution < 1.29 is 28.6 Å². The monoisotopic (exact) mass is 875 g/mol. The molecule has 0 N–H and O–H groups in total. The largest absolute Gasteiger partial charge is 0.462 e. The van der Waals surface area contributed by atoms with Crippen LogP contribution in [0.3, 0.4) is 0 Å². The maximum Gasteiger partial charge on any atom is 0.306 e. The molecule has 0 saturated carbocycles. The molecule has 0 aliphatic carbocycles. The van der Waals surface area contributed by atoms with Gasteiger partial charge in [0.15, 0.2) is 6.10 Å². The Kier molecular flexibility index (Phi) is 50.2. The van der Waals surface area contributed by atoms with Crippen molar-refractivity contribution in [3.8, 4) is 0 Å². The summed E-state index contributed by atoms with van der Waals surface area (Å²) in [5.41, 5.74) is 0. The Hall–Kier alpha value is -1.85. The van der Waals surface area contributed by atoms with E-state index in [0.29, 0.717) is 19.3 Å². The lowest BCUT2D eigenvalue weighted by Crippen LogP contribution is -2.30. The second kappa shape index (κ2) is 51.8. The lowest BCUT2D eigenvalue weighted by Gasteiger charge is -2.18. The molecule has 0 heterocycles. The van der Waals surface area contributed by atoms with E-state index in [2.05, 4.69) is 32.9 Å². The molecule has 0 fully saturated rings. The molecule has 366 valence electrons. The predicted molar refractivity (Wildman–Crippen MR) is 266 cm³/mol. The molecule has 0 saturated heterocycles. The van der Waals surface area contributed by atoms with Gasteiger partial charge in [0.05, 0.1) is 0 Å². The van der Waals surface area contributed by atoms with E-state index < -0.39 is 6.10 Å². The van der Waals surface area contributed by atoms with Crippen molar-refractivity contribution in [3.63, 3.8) is 0 Å². The van der Waals surface area contributed by atoms with Gasteiger partial charge < -0.3 is 14.2 Å². The molecule has 0 aliphatic rings. The van der Waals surface area contributed by atoms with Gasteiger partial charge in [-0.3, -0.25) is 14.4 Å². The highest BCUT2D eigenvalue weighted by atomic mass is 16.6. The summed E-state index contributed by atoms with van der Waals surface area (Å²) in [6.07, 6.45) is 57.7. The van der Waals surface area contributed by atoms with E-state index in [4.69, 9.17) is 14.2 Å². The van der Waals surface area contributed by atoms with E-state index in [0.717, 1.165) is 57.8 Å². The SMILES string of the molecule is CCCCCCCC/C=C\CCCCCCCCCCCCCC(=O)O[C@@H](COC(=O)CCCCCCCCCCCCC)COC(=O)CCCCCCCCCCCCCC. The lowest BCUT2D eigenvalue weighted by atomic mass is 10.0. The number of carbonyl (C=O) groups is 3. The topological polar surface area (TPSA) is 78.9 Å². The summed E-state index contributed by atoms with van der Waals surface area (Å²) in [5.74, 6) is -0.847. The lowest BCUT2D eigenvalue weighted by molar-refractivity contribution is -0.167. The molecule has 0 aromatic carbocycles. The van der Waals surface area contributed by atoms with E-state index in [1.165, 1.54) is 212 Å². The van der Waals surface area contributed by atoms with Crippen LogP contribution in [0, 0.1) is 0 Å². The van der Waals surface area contributed by atoms with Crippen molar-refractivity contribution in [2.24, 2.45) is 0 Å². The van der Waals surface area contributed by atoms with Crippen LogP contribution in [0.5, 0.6) is 0 Å². The first-order chi connectivity index (χ1) is 30.5. The average Bonchev–Trinajstić information content (AvgIpc) is 3.27. The Morgan fingerprint density at radius 1 is 0.306 bits per heavy atom. The van der Waals surface area contributed by atoms with Gasteiger partial charge in [0.25, 0.3) is 0 Å². The first-order valence-electron chi connectivity index (χ1n) is 27.7. The first-order valence-corrected chi connectivity index (χ1v) is 27.7. The summed E-state index contributed by atoms with van der Waals surface area (Å²) < 4.78 is 16.8. The fourth-order valence-electron chi connectivity index (χ4n) is 8.32. The van der Waals surface area contributed by atoms with Crippen LogP contribution < -0.4 is 0 Å². The molecule has 0 rings (SSSR count). The first kappa shape index (κ1) is 60.2. The fourth-order valence-corrected chi connectivity index (χ4v) is 8.32. The van der Waals surface area contributed by atoms with E-state index >= 15 is 0 Å². The molecule has 0 bridgehead atoms. The van der Waals surface area contributed by atoms with E-state index in [1.807, 2.05) is 0 Å². The van der Waals surface area contributed by atoms with Gasteiger partial charge in [0, 0.05) is 19.3 Å². The third-order valence-electron chi connectivity index (χ3n) is 12.5. The highest BCUT2D eigenvalue weighted by Crippen LogP contribution is 2.17. The molecule has 0 aromatic heterocycles. The Balaban J connectivity index is 4.24. The Morgan fingerprint density at radius 2 is 0.532 bits per heavy atom. The van der Waals surface area contributed by atoms with Crippen LogP contribution in [0.1, 0.15) is 310 Å². The summed E-state index contributed by atoms with van der Waals surface area (Å²) in [6.45, 7) is 6.67. The van der Waals surface area contributed by atoms with Gasteiger partial charge >= 0.3 is 17.9 Å². The Bertz CT molecular complexity index is 962. The zero-order valence-corrected chi connectivity index (χ0v) is 41.9. The standard InChI is InChI=1S/C56H106O6/c1-4-7-10-13-16-19-22-24-25-26-27-28-29-30-31-32-35-38-41-44-47-50-56(59)62-53(51-60-54(57)48-45-42-39-36-33-21-18-15-12-9-6-3)52-61-55(58)49-46-43-40-37-34-23-20-17-14-11-8-5-2/h24-25,53H,4-23,26-52H2,1-3H3/b25-24-/t53-/m0/s1. The van der Waals surface area contributed by atoms with Gasteiger partial charge in [-0.2, -0.15) is 0 Å². The van der Waals surface area contributed by atoms with Crippen LogP contribution in [0.15, 0.2) is 12.2 Å². The fraction of sp³-hybridized carbons (Fsp3) is 0.911. The van der Waals surface area contributed by atoms with Crippen molar-refractivity contribution in [2.75, 3.05) is 13.2 Å². The summed E-state index contributed by atoms with van der Waals surface area (Å²) in [5, 5.41) is 0. The normalized spacial score (nSPS) is 12.0. The van der Waals surface area contributed by atoms with Crippen molar-refractivity contribution in [1.29, 1.82) is 0 Å². The maximum absolute atomic E-state index is 12.8. The quantitative estimate of drug-likeness (QED) is 0.0262. The second-order valence-corrected chi connectivity index (χ2v) is 18.9. The van der Waals surface area contributed by atoms with E-state index in [-0.39, 0.29) is 31.1 Å². The Morgan fingerprint density at radius 3 is 0.806 bits per heavy atom. The van der Waals surface area contributed by atoms with E-state index in [9.17, 15) is 14.4 Å². The molecule has 0 aromatic rings. The number of carbonyl (C=O) groups excluding carboxylic acids is 3. The smallest absolute Gasteiger partial charge is 0.306 e. The van der Waals surface area contributed by atoms with Gasteiger partial charge in [-0.1, -0.05) is 258 Å². The minimum Gasteiger partial charge on any atom is -0.462 e. The molecule has 0 aliphatic heterocycles. The van der Waals surface area contributed by atoms with Crippen LogP contribution in [0.2, 0.25) is 0 Å². The summed E-state index contributed by atoms with van der Waals surface area (Å²) in [7, 11) is 0. The van der Waals surface area contributed by atoms with Crippen LogP contribution in [-0.2, 0) is 28.6 Å². The molecule has 0 unspecified atom stereocenters. The van der Waals surface area contributed by atoms with Crippen LogP contribution in [-0.4, -0.2) is 37.2 Å². The molecule has 6 nitrogen and oxygen atoms in total. The average molecular weight is 875 g/mol. The van der Waals surface area contributed by atoms with Crippen molar-refractivity contribution in [1.82, 2.24) is 0 Å². The number of hydrogen-bond acceptors (Lipinski definition) is 6. The van der Waals surface area contributed by atoms with Gasteiger partial charge in [-0.15, -0.1) is 0 Å². The maximum atomic E-state index is 12.8.